The van der Waals surface area contributed by atoms with Crippen LogP contribution in [0, 0.1) is 22.9 Å². The van der Waals surface area contributed by atoms with Gasteiger partial charge in [-0.3, -0.25) is 0 Å². The number of benzene rings is 3. The highest BCUT2D eigenvalue weighted by Gasteiger charge is 2.48. The summed E-state index contributed by atoms with van der Waals surface area (Å²) in [6, 6.07) is 10.3. The SMILES string of the molecule is CC.CC.COC1CCCC1(O)c1c(-c2ccc(C(=O)O)cc2)c2c(F)c(N)c(C=N)cc2n1-c1ccc(F)c(F)c1. The van der Waals surface area contributed by atoms with E-state index in [4.69, 9.17) is 15.9 Å². The Bertz CT molecular complexity index is 1600. The number of fused-ring (bicyclic) bond motifs is 1. The zero-order chi connectivity index (χ0) is 31.4. The highest BCUT2D eigenvalue weighted by atomic mass is 19.2. The van der Waals surface area contributed by atoms with Crippen molar-refractivity contribution in [2.24, 2.45) is 0 Å². The molecule has 1 aliphatic carbocycles. The van der Waals surface area contributed by atoms with Gasteiger partial charge in [-0.1, -0.05) is 39.8 Å². The van der Waals surface area contributed by atoms with Crippen LogP contribution >= 0.6 is 0 Å². The molecule has 1 heterocycles. The van der Waals surface area contributed by atoms with E-state index < -0.39 is 35.1 Å². The molecule has 1 aromatic heterocycles. The topological polar surface area (TPSA) is 122 Å². The third-order valence-electron chi connectivity index (χ3n) is 7.26. The summed E-state index contributed by atoms with van der Waals surface area (Å²) in [6.45, 7) is 8.00. The molecule has 1 aliphatic rings. The van der Waals surface area contributed by atoms with E-state index in [1.54, 1.807) is 0 Å². The molecule has 0 amide bonds. The average Bonchev–Trinajstić information content (AvgIpc) is 3.57. The van der Waals surface area contributed by atoms with Gasteiger partial charge in [-0.25, -0.2) is 18.0 Å². The Labute approximate surface area is 242 Å². The number of nitrogens with one attached hydrogen (secondary N) is 1. The number of hydrogen-bond acceptors (Lipinski definition) is 5. The number of nitrogens with two attached hydrogens (primary N) is 1. The minimum Gasteiger partial charge on any atom is -0.478 e. The van der Waals surface area contributed by atoms with Crippen LogP contribution in [0.5, 0.6) is 0 Å². The lowest BCUT2D eigenvalue weighted by molar-refractivity contribution is -0.0806. The van der Waals surface area contributed by atoms with Gasteiger partial charge >= 0.3 is 5.97 Å². The Morgan fingerprint density at radius 3 is 2.26 bits per heavy atom. The lowest BCUT2D eigenvalue weighted by atomic mass is 9.88. The van der Waals surface area contributed by atoms with E-state index in [1.165, 1.54) is 48.1 Å². The lowest BCUT2D eigenvalue weighted by Gasteiger charge is -2.32. The Morgan fingerprint density at radius 2 is 1.71 bits per heavy atom. The molecule has 10 heteroatoms. The predicted molar refractivity (Wildman–Crippen MR) is 159 cm³/mol. The maximum absolute atomic E-state index is 16.1. The van der Waals surface area contributed by atoms with Crippen LogP contribution in [0.3, 0.4) is 0 Å². The first-order valence-corrected chi connectivity index (χ1v) is 13.8. The maximum atomic E-state index is 16.1. The minimum absolute atomic E-state index is 0.0000632. The highest BCUT2D eigenvalue weighted by molar-refractivity contribution is 6.05. The molecule has 0 aliphatic heterocycles. The number of carbonyl (C=O) groups is 1. The number of nitrogens with zero attached hydrogens (tertiary/aromatic N) is 1. The fourth-order valence-electron chi connectivity index (χ4n) is 5.46. The molecule has 2 atom stereocenters. The highest BCUT2D eigenvalue weighted by Crippen LogP contribution is 2.50. The van der Waals surface area contributed by atoms with Gasteiger partial charge in [0.1, 0.15) is 5.60 Å². The number of aliphatic hydroxyl groups is 1. The van der Waals surface area contributed by atoms with Gasteiger partial charge in [0.25, 0.3) is 0 Å². The first kappa shape index (κ1) is 32.4. The van der Waals surface area contributed by atoms with Crippen molar-refractivity contribution in [3.05, 3.63) is 82.8 Å². The quantitative estimate of drug-likeness (QED) is 0.139. The zero-order valence-corrected chi connectivity index (χ0v) is 24.3. The molecule has 2 unspecified atom stereocenters. The molecule has 1 fully saturated rings. The monoisotopic (exact) mass is 583 g/mol. The summed E-state index contributed by atoms with van der Waals surface area (Å²) in [4.78, 5) is 11.5. The van der Waals surface area contributed by atoms with Crippen molar-refractivity contribution >= 4 is 28.8 Å². The van der Waals surface area contributed by atoms with Crippen molar-refractivity contribution in [3.63, 3.8) is 0 Å². The standard InChI is InChI=1S/C28H24F3N3O4.2C2H6/c1-38-21-3-2-10-28(21,37)26-22(14-4-6-15(7-5-14)27(35)36)23-20(11-16(13-32)25(33)24(23)31)34(26)17-8-9-18(29)19(30)12-17;2*1-2/h4-9,11-13,21,32,37H,2-3,10,33H2,1H3,(H,35,36);2*1-2H3. The number of carboxylic acids is 1. The minimum atomic E-state index is -1.69. The van der Waals surface area contributed by atoms with E-state index in [-0.39, 0.29) is 51.1 Å². The average molecular weight is 584 g/mol. The summed E-state index contributed by atoms with van der Waals surface area (Å²) in [5, 5.41) is 29.2. The smallest absolute Gasteiger partial charge is 0.335 e. The molecule has 5 rings (SSSR count). The second kappa shape index (κ2) is 13.2. The summed E-state index contributed by atoms with van der Waals surface area (Å²) >= 11 is 0. The van der Waals surface area contributed by atoms with Crippen LogP contribution in [0.15, 0.2) is 48.5 Å². The summed E-state index contributed by atoms with van der Waals surface area (Å²) in [6.07, 6.45) is 1.45. The Morgan fingerprint density at radius 1 is 1.07 bits per heavy atom. The van der Waals surface area contributed by atoms with Gasteiger partial charge in [0.05, 0.1) is 28.6 Å². The van der Waals surface area contributed by atoms with Crippen LogP contribution in [0.4, 0.5) is 18.9 Å². The fourth-order valence-corrected chi connectivity index (χ4v) is 5.46. The zero-order valence-electron chi connectivity index (χ0n) is 24.3. The summed E-state index contributed by atoms with van der Waals surface area (Å²) < 4.78 is 51.5. The van der Waals surface area contributed by atoms with Gasteiger partial charge in [-0.05, 0) is 55.2 Å². The number of anilines is 1. The van der Waals surface area contributed by atoms with E-state index >= 15 is 4.39 Å². The second-order valence-corrected chi connectivity index (χ2v) is 9.31. The van der Waals surface area contributed by atoms with Crippen molar-refractivity contribution in [2.75, 3.05) is 12.8 Å². The third-order valence-corrected chi connectivity index (χ3v) is 7.26. The van der Waals surface area contributed by atoms with Crippen LogP contribution in [0.25, 0.3) is 27.7 Å². The van der Waals surface area contributed by atoms with Crippen molar-refractivity contribution < 1.29 is 32.9 Å². The fraction of sp³-hybridized carbons (Fsp3) is 0.312. The number of nitrogen functional groups attached to an aromatic ring is 1. The first-order valence-electron chi connectivity index (χ1n) is 13.8. The van der Waals surface area contributed by atoms with Crippen molar-refractivity contribution in [1.82, 2.24) is 4.57 Å². The normalized spacial score (nSPS) is 17.7. The number of ether oxygens (including phenoxy) is 1. The molecule has 224 valence electrons. The molecule has 4 aromatic rings. The molecule has 5 N–H and O–H groups in total. The number of carboxylic acid groups (broad SMARTS) is 1. The van der Waals surface area contributed by atoms with Crippen LogP contribution in [0.2, 0.25) is 0 Å². The number of rotatable bonds is 6. The van der Waals surface area contributed by atoms with Gasteiger partial charge < -0.3 is 30.7 Å². The van der Waals surface area contributed by atoms with Crippen molar-refractivity contribution in [1.29, 1.82) is 5.41 Å². The number of aromatic nitrogens is 1. The number of hydrogen-bond donors (Lipinski definition) is 4. The molecular formula is C32H36F3N3O4. The summed E-state index contributed by atoms with van der Waals surface area (Å²) in [7, 11) is 1.44. The van der Waals surface area contributed by atoms with Crippen LogP contribution in [-0.4, -0.2) is 40.2 Å². The van der Waals surface area contributed by atoms with Gasteiger partial charge in [0.2, 0.25) is 0 Å². The first-order chi connectivity index (χ1) is 20.1. The maximum Gasteiger partial charge on any atom is 0.335 e. The number of aromatic carboxylic acids is 1. The molecule has 0 saturated heterocycles. The van der Waals surface area contributed by atoms with Gasteiger partial charge in [-0.2, -0.15) is 0 Å². The predicted octanol–water partition coefficient (Wildman–Crippen LogP) is 7.43. The van der Waals surface area contributed by atoms with Gasteiger partial charge in [0, 0.05) is 41.6 Å². The van der Waals surface area contributed by atoms with Gasteiger partial charge in [-0.15, -0.1) is 0 Å². The molecule has 0 radical (unpaired) electrons. The van der Waals surface area contributed by atoms with Crippen LogP contribution in [-0.2, 0) is 10.3 Å². The molecule has 0 spiro atoms. The van der Waals surface area contributed by atoms with E-state index in [2.05, 4.69) is 0 Å². The van der Waals surface area contributed by atoms with E-state index in [1.807, 2.05) is 27.7 Å². The summed E-state index contributed by atoms with van der Waals surface area (Å²) in [5.41, 5.74) is 5.10. The largest absolute Gasteiger partial charge is 0.478 e. The molecule has 42 heavy (non-hydrogen) atoms. The molecular weight excluding hydrogens is 547 g/mol. The lowest BCUT2D eigenvalue weighted by Crippen LogP contribution is -2.38. The third kappa shape index (κ3) is 5.39. The molecule has 1 saturated carbocycles. The molecule has 7 nitrogen and oxygen atoms in total. The number of halogens is 3. The second-order valence-electron chi connectivity index (χ2n) is 9.31. The van der Waals surface area contributed by atoms with Crippen molar-refractivity contribution in [2.45, 2.75) is 58.7 Å². The van der Waals surface area contributed by atoms with E-state index in [0.717, 1.165) is 18.3 Å². The Kier molecular flexibility index (Phi) is 10.2. The Hall–Kier alpha value is -4.15. The van der Waals surface area contributed by atoms with Crippen LogP contribution in [0.1, 0.15) is 68.6 Å². The summed E-state index contributed by atoms with van der Waals surface area (Å²) in [5.74, 6) is -4.24. The van der Waals surface area contributed by atoms with E-state index in [0.29, 0.717) is 18.4 Å². The van der Waals surface area contributed by atoms with E-state index in [9.17, 15) is 23.8 Å². The molecule has 3 aromatic carbocycles. The van der Waals surface area contributed by atoms with Crippen molar-refractivity contribution in [3.8, 4) is 16.8 Å². The number of methoxy groups -OCH3 is 1. The Balaban J connectivity index is 0.00000116. The van der Waals surface area contributed by atoms with Crippen LogP contribution < -0.4 is 5.73 Å². The molecule has 0 bridgehead atoms. The van der Waals surface area contributed by atoms with Gasteiger partial charge in [0.15, 0.2) is 17.5 Å².